The molecule has 2 aliphatic carbocycles. The molecule has 210 valence electrons. The zero-order chi connectivity index (χ0) is 26.7. The van der Waals surface area contributed by atoms with Crippen LogP contribution in [0.2, 0.25) is 0 Å². The van der Waals surface area contributed by atoms with E-state index in [4.69, 9.17) is 0 Å². The summed E-state index contributed by atoms with van der Waals surface area (Å²) >= 11 is 0. The predicted octanol–water partition coefficient (Wildman–Crippen LogP) is 12.2. The van der Waals surface area contributed by atoms with E-state index < -0.39 is 0 Å². The van der Waals surface area contributed by atoms with Gasteiger partial charge in [-0.15, -0.1) is 0 Å². The Labute approximate surface area is 236 Å². The third kappa shape index (κ3) is 7.99. The Morgan fingerprint density at radius 1 is 0.579 bits per heavy atom. The van der Waals surface area contributed by atoms with Crippen molar-refractivity contribution in [1.29, 1.82) is 0 Å². The molecule has 2 aliphatic rings. The van der Waals surface area contributed by atoms with Crippen molar-refractivity contribution < 1.29 is 0 Å². The van der Waals surface area contributed by atoms with Gasteiger partial charge in [0, 0.05) is 0 Å². The van der Waals surface area contributed by atoms with E-state index in [2.05, 4.69) is 64.1 Å². The van der Waals surface area contributed by atoms with Crippen LogP contribution >= 0.6 is 0 Å². The first-order chi connectivity index (χ1) is 18.6. The molecule has 0 heterocycles. The molecular weight excluding hydrogens is 456 g/mol. The Bertz CT molecular complexity index is 876. The molecule has 0 radical (unpaired) electrons. The van der Waals surface area contributed by atoms with E-state index in [-0.39, 0.29) is 0 Å². The van der Waals surface area contributed by atoms with Crippen LogP contribution in [0.15, 0.2) is 36.4 Å². The molecule has 2 fully saturated rings. The van der Waals surface area contributed by atoms with E-state index in [0.29, 0.717) is 11.8 Å². The molecule has 4 rings (SSSR count). The number of hydrogen-bond acceptors (Lipinski definition) is 0. The summed E-state index contributed by atoms with van der Waals surface area (Å²) in [7, 11) is 0. The second kappa shape index (κ2) is 15.3. The smallest absolute Gasteiger partial charge is 0.0159 e. The van der Waals surface area contributed by atoms with Gasteiger partial charge in [0.1, 0.15) is 0 Å². The molecule has 2 unspecified atom stereocenters. The summed E-state index contributed by atoms with van der Waals surface area (Å²) in [5, 5.41) is 0. The van der Waals surface area contributed by atoms with Gasteiger partial charge in [-0.25, -0.2) is 0 Å². The van der Waals surface area contributed by atoms with E-state index in [0.717, 1.165) is 11.8 Å². The maximum Gasteiger partial charge on any atom is -0.0159 e. The van der Waals surface area contributed by atoms with Crippen LogP contribution in [0.1, 0.15) is 187 Å². The largest absolute Gasteiger partial charge is 0.0654 e. The Kier molecular flexibility index (Phi) is 11.8. The average Bonchev–Trinajstić information content (AvgIpc) is 2.96. The molecule has 0 bridgehead atoms. The minimum absolute atomic E-state index is 0.692. The van der Waals surface area contributed by atoms with Gasteiger partial charge in [-0.05, 0) is 121 Å². The molecular formula is C38H58. The second-order valence-electron chi connectivity index (χ2n) is 13.2. The van der Waals surface area contributed by atoms with E-state index in [9.17, 15) is 0 Å². The van der Waals surface area contributed by atoms with Gasteiger partial charge < -0.3 is 0 Å². The zero-order valence-corrected chi connectivity index (χ0v) is 25.5. The van der Waals surface area contributed by atoms with Gasteiger partial charge in [0.05, 0.1) is 0 Å². The number of rotatable bonds is 13. The van der Waals surface area contributed by atoms with Crippen molar-refractivity contribution in [3.8, 4) is 0 Å². The van der Waals surface area contributed by atoms with Crippen molar-refractivity contribution in [2.75, 3.05) is 0 Å². The van der Waals surface area contributed by atoms with Crippen molar-refractivity contribution in [3.05, 3.63) is 69.8 Å². The van der Waals surface area contributed by atoms with Crippen molar-refractivity contribution in [1.82, 2.24) is 0 Å². The van der Waals surface area contributed by atoms with Crippen molar-refractivity contribution >= 4 is 0 Å². The van der Waals surface area contributed by atoms with Crippen molar-refractivity contribution in [2.45, 2.75) is 167 Å². The lowest BCUT2D eigenvalue weighted by Gasteiger charge is -2.27. The van der Waals surface area contributed by atoms with Crippen molar-refractivity contribution in [3.63, 3.8) is 0 Å². The third-order valence-electron chi connectivity index (χ3n) is 10.2. The second-order valence-corrected chi connectivity index (χ2v) is 13.2. The van der Waals surface area contributed by atoms with Crippen LogP contribution in [0.25, 0.3) is 0 Å². The monoisotopic (exact) mass is 514 g/mol. The summed E-state index contributed by atoms with van der Waals surface area (Å²) in [5.41, 5.74) is 9.96. The Morgan fingerprint density at radius 3 is 1.34 bits per heavy atom. The highest BCUT2D eigenvalue weighted by Gasteiger charge is 2.21. The lowest BCUT2D eigenvalue weighted by Crippen LogP contribution is -2.10. The Morgan fingerprint density at radius 2 is 0.974 bits per heavy atom. The first-order valence-corrected chi connectivity index (χ1v) is 16.9. The molecule has 0 N–H and O–H groups in total. The molecule has 0 saturated heterocycles. The molecule has 38 heavy (non-hydrogen) atoms. The van der Waals surface area contributed by atoms with Crippen molar-refractivity contribution in [2.24, 2.45) is 0 Å². The number of hydrogen-bond donors (Lipinski definition) is 0. The summed E-state index contributed by atoms with van der Waals surface area (Å²) in [6.45, 7) is 9.51. The molecule has 0 aromatic heterocycles. The first-order valence-electron chi connectivity index (χ1n) is 16.9. The highest BCUT2D eigenvalue weighted by atomic mass is 14.3. The number of aryl methyl sites for hydroxylation is 2. The molecule has 2 aromatic rings. The Hall–Kier alpha value is -1.56. The molecule has 0 aliphatic heterocycles. The molecule has 2 saturated carbocycles. The third-order valence-corrected chi connectivity index (χ3v) is 10.2. The van der Waals surface area contributed by atoms with Crippen LogP contribution in [0.5, 0.6) is 0 Å². The summed E-state index contributed by atoms with van der Waals surface area (Å²) in [5.74, 6) is 3.00. The van der Waals surface area contributed by atoms with Gasteiger partial charge in [0.15, 0.2) is 0 Å². The van der Waals surface area contributed by atoms with Gasteiger partial charge in [0.25, 0.3) is 0 Å². The lowest BCUT2D eigenvalue weighted by atomic mass is 9.79. The van der Waals surface area contributed by atoms with Crippen LogP contribution in [-0.4, -0.2) is 0 Å². The van der Waals surface area contributed by atoms with E-state index >= 15 is 0 Å². The predicted molar refractivity (Wildman–Crippen MR) is 168 cm³/mol. The fourth-order valence-electron chi connectivity index (χ4n) is 7.71. The van der Waals surface area contributed by atoms with Gasteiger partial charge in [-0.2, -0.15) is 0 Å². The summed E-state index contributed by atoms with van der Waals surface area (Å²) < 4.78 is 0. The van der Waals surface area contributed by atoms with Crippen LogP contribution in [0.3, 0.4) is 0 Å². The Balaban J connectivity index is 1.44. The van der Waals surface area contributed by atoms with Crippen LogP contribution < -0.4 is 0 Å². The quantitative estimate of drug-likeness (QED) is 0.233. The highest BCUT2D eigenvalue weighted by Crippen LogP contribution is 2.38. The molecule has 0 heteroatoms. The topological polar surface area (TPSA) is 0 Å². The summed E-state index contributed by atoms with van der Waals surface area (Å²) in [4.78, 5) is 0. The molecule has 0 amide bonds. The highest BCUT2D eigenvalue weighted by molar-refractivity contribution is 5.38. The molecule has 2 aromatic carbocycles. The minimum Gasteiger partial charge on any atom is -0.0654 e. The summed E-state index contributed by atoms with van der Waals surface area (Å²) in [6.07, 6.45) is 24.6. The van der Waals surface area contributed by atoms with Gasteiger partial charge in [0.2, 0.25) is 0 Å². The van der Waals surface area contributed by atoms with Gasteiger partial charge >= 0.3 is 0 Å². The van der Waals surface area contributed by atoms with Gasteiger partial charge in [-0.1, -0.05) is 115 Å². The van der Waals surface area contributed by atoms with Crippen LogP contribution in [0.4, 0.5) is 0 Å². The normalized spacial score (nSPS) is 18.9. The molecule has 0 spiro atoms. The molecule has 2 atom stereocenters. The SMILES string of the molecule is CCCC(C)c1ccc(CCCCc2ccc(C(C)CCC)cc2C2CCCCC2)c(C2CCCCC2)c1. The zero-order valence-electron chi connectivity index (χ0n) is 25.5. The number of unbranched alkanes of at least 4 members (excludes halogenated alkanes) is 1. The average molecular weight is 515 g/mol. The fraction of sp³-hybridized carbons (Fsp3) is 0.684. The van der Waals surface area contributed by atoms with E-state index in [1.54, 1.807) is 33.4 Å². The van der Waals surface area contributed by atoms with Crippen LogP contribution in [0, 0.1) is 0 Å². The molecule has 0 nitrogen and oxygen atoms in total. The fourth-order valence-corrected chi connectivity index (χ4v) is 7.71. The van der Waals surface area contributed by atoms with E-state index in [1.165, 1.54) is 116 Å². The standard InChI is InChI=1S/C38H58/c1-5-15-29(3)35-25-23-33(37(27-35)31-17-9-7-10-18-31)21-13-14-22-34-24-26-36(30(4)16-6-2)28-38(34)32-19-11-8-12-20-32/h23-32H,5-22H2,1-4H3. The summed E-state index contributed by atoms with van der Waals surface area (Å²) in [6, 6.07) is 15.3. The first kappa shape index (κ1) is 29.4. The maximum absolute atomic E-state index is 2.64. The van der Waals surface area contributed by atoms with Crippen LogP contribution in [-0.2, 0) is 12.8 Å². The minimum atomic E-state index is 0.692. The maximum atomic E-state index is 2.64. The number of benzene rings is 2. The van der Waals surface area contributed by atoms with E-state index in [1.807, 2.05) is 0 Å². The van der Waals surface area contributed by atoms with Gasteiger partial charge in [-0.3, -0.25) is 0 Å². The lowest BCUT2D eigenvalue weighted by molar-refractivity contribution is 0.439.